The average Bonchev–Trinajstić information content (AvgIpc) is 3.28. The lowest BCUT2D eigenvalue weighted by molar-refractivity contribution is -0.125. The second kappa shape index (κ2) is 8.50. The molecule has 0 bridgehead atoms. The van der Waals surface area contributed by atoms with Gasteiger partial charge in [0.25, 0.3) is 11.8 Å². The predicted octanol–water partition coefficient (Wildman–Crippen LogP) is 3.10. The van der Waals surface area contributed by atoms with Crippen LogP contribution in [-0.4, -0.2) is 46.4 Å². The summed E-state index contributed by atoms with van der Waals surface area (Å²) >= 11 is 0. The van der Waals surface area contributed by atoms with Gasteiger partial charge in [0, 0.05) is 30.4 Å². The number of carbonyl (C=O) groups excluding carboxylic acids is 3. The van der Waals surface area contributed by atoms with Crippen LogP contribution in [-0.2, 0) is 10.3 Å². The van der Waals surface area contributed by atoms with Crippen LogP contribution in [0.3, 0.4) is 0 Å². The van der Waals surface area contributed by atoms with E-state index in [4.69, 9.17) is 0 Å². The third-order valence-electron chi connectivity index (χ3n) is 6.74. The molecule has 1 aromatic carbocycles. The van der Waals surface area contributed by atoms with Crippen LogP contribution in [0.15, 0.2) is 36.5 Å². The molecule has 33 heavy (non-hydrogen) atoms. The Morgan fingerprint density at radius 3 is 2.48 bits per heavy atom. The molecular weight excluding hydrogens is 418 g/mol. The molecule has 1 aromatic heterocycles. The fourth-order valence-corrected chi connectivity index (χ4v) is 4.93. The van der Waals surface area contributed by atoms with E-state index in [9.17, 15) is 14.4 Å². The summed E-state index contributed by atoms with van der Waals surface area (Å²) in [5, 5.41) is 8.59. The summed E-state index contributed by atoms with van der Waals surface area (Å²) in [6.45, 7) is 10.5. The summed E-state index contributed by atoms with van der Waals surface area (Å²) in [4.78, 5) is 44.0. The molecule has 3 N–H and O–H groups in total. The molecule has 174 valence electrons. The number of benzene rings is 1. The van der Waals surface area contributed by atoms with Crippen molar-refractivity contribution in [2.45, 2.75) is 58.7 Å². The SMILES string of the molecule is Cc1cnc(N[C@H]2C[C@H](C)N(C(=O)c3ccc([C@@]4(C(C)C)NC(=O)NC4=O)cc3)C2)c(C)c1. The van der Waals surface area contributed by atoms with Gasteiger partial charge in [-0.05, 0) is 61.9 Å². The van der Waals surface area contributed by atoms with Crippen molar-refractivity contribution in [2.24, 2.45) is 5.92 Å². The molecule has 8 heteroatoms. The average molecular weight is 450 g/mol. The third-order valence-corrected chi connectivity index (χ3v) is 6.74. The summed E-state index contributed by atoms with van der Waals surface area (Å²) in [6, 6.07) is 8.79. The molecule has 2 aliphatic heterocycles. The minimum absolute atomic E-state index is 0.0505. The second-order valence-electron chi connectivity index (χ2n) is 9.51. The van der Waals surface area contributed by atoms with E-state index in [0.29, 0.717) is 17.7 Å². The number of carbonyl (C=O) groups is 3. The van der Waals surface area contributed by atoms with E-state index in [-0.39, 0.29) is 29.8 Å². The molecule has 0 aliphatic carbocycles. The van der Waals surface area contributed by atoms with Crippen molar-refractivity contribution in [3.8, 4) is 0 Å². The lowest BCUT2D eigenvalue weighted by atomic mass is 9.79. The van der Waals surface area contributed by atoms with Gasteiger partial charge < -0.3 is 15.5 Å². The molecule has 3 atom stereocenters. The fourth-order valence-electron chi connectivity index (χ4n) is 4.93. The number of imide groups is 1. The van der Waals surface area contributed by atoms with Gasteiger partial charge >= 0.3 is 6.03 Å². The zero-order chi connectivity index (χ0) is 23.9. The Morgan fingerprint density at radius 2 is 1.91 bits per heavy atom. The molecule has 0 spiro atoms. The largest absolute Gasteiger partial charge is 0.365 e. The van der Waals surface area contributed by atoms with Crippen LogP contribution in [0.1, 0.15) is 54.2 Å². The summed E-state index contributed by atoms with van der Waals surface area (Å²) in [5.74, 6) is 0.274. The molecule has 4 amide bonds. The first-order valence-electron chi connectivity index (χ1n) is 11.4. The van der Waals surface area contributed by atoms with Gasteiger partial charge in [0.1, 0.15) is 11.4 Å². The maximum atomic E-state index is 13.3. The Labute approximate surface area is 194 Å². The summed E-state index contributed by atoms with van der Waals surface area (Å²) < 4.78 is 0. The van der Waals surface area contributed by atoms with Crippen molar-refractivity contribution >= 4 is 23.7 Å². The topological polar surface area (TPSA) is 103 Å². The van der Waals surface area contributed by atoms with Crippen molar-refractivity contribution in [1.29, 1.82) is 0 Å². The van der Waals surface area contributed by atoms with E-state index in [1.54, 1.807) is 24.3 Å². The molecule has 4 rings (SSSR count). The van der Waals surface area contributed by atoms with E-state index < -0.39 is 11.6 Å². The number of nitrogens with one attached hydrogen (secondary N) is 3. The highest BCUT2D eigenvalue weighted by molar-refractivity contribution is 6.07. The van der Waals surface area contributed by atoms with Gasteiger partial charge in [-0.15, -0.1) is 0 Å². The first-order valence-corrected chi connectivity index (χ1v) is 11.4. The molecule has 2 aromatic rings. The molecule has 0 unspecified atom stereocenters. The van der Waals surface area contributed by atoms with Gasteiger partial charge in [-0.25, -0.2) is 9.78 Å². The minimum Gasteiger partial charge on any atom is -0.365 e. The number of likely N-dealkylation sites (tertiary alicyclic amines) is 1. The van der Waals surface area contributed by atoms with Crippen molar-refractivity contribution in [1.82, 2.24) is 20.5 Å². The fraction of sp³-hybridized carbons (Fsp3) is 0.440. The zero-order valence-electron chi connectivity index (χ0n) is 19.7. The van der Waals surface area contributed by atoms with E-state index in [0.717, 1.165) is 23.4 Å². The summed E-state index contributed by atoms with van der Waals surface area (Å²) in [6.07, 6.45) is 2.68. The number of aromatic nitrogens is 1. The Balaban J connectivity index is 1.49. The van der Waals surface area contributed by atoms with E-state index in [2.05, 4.69) is 33.9 Å². The Morgan fingerprint density at radius 1 is 1.21 bits per heavy atom. The molecule has 2 fully saturated rings. The predicted molar refractivity (Wildman–Crippen MR) is 126 cm³/mol. The van der Waals surface area contributed by atoms with Crippen molar-refractivity contribution < 1.29 is 14.4 Å². The number of nitrogens with zero attached hydrogens (tertiary/aromatic N) is 2. The lowest BCUT2D eigenvalue weighted by Crippen LogP contribution is -2.48. The quantitative estimate of drug-likeness (QED) is 0.609. The molecule has 2 saturated heterocycles. The Kier molecular flexibility index (Phi) is 5.86. The number of anilines is 1. The van der Waals surface area contributed by atoms with Crippen LogP contribution in [0.4, 0.5) is 10.6 Å². The summed E-state index contributed by atoms with van der Waals surface area (Å²) in [7, 11) is 0. The van der Waals surface area contributed by atoms with Crippen LogP contribution in [0.2, 0.25) is 0 Å². The van der Waals surface area contributed by atoms with Crippen LogP contribution in [0.5, 0.6) is 0 Å². The molecule has 0 radical (unpaired) electrons. The van der Waals surface area contributed by atoms with Crippen LogP contribution in [0, 0.1) is 19.8 Å². The second-order valence-corrected chi connectivity index (χ2v) is 9.51. The van der Waals surface area contributed by atoms with Gasteiger partial charge in [0.05, 0.1) is 0 Å². The maximum absolute atomic E-state index is 13.3. The number of hydrogen-bond donors (Lipinski definition) is 3. The Bertz CT molecular complexity index is 1100. The minimum atomic E-state index is -1.13. The maximum Gasteiger partial charge on any atom is 0.322 e. The number of pyridine rings is 1. The van der Waals surface area contributed by atoms with Gasteiger partial charge in [0.2, 0.25) is 0 Å². The normalized spacial score (nSPS) is 24.7. The van der Waals surface area contributed by atoms with E-state index >= 15 is 0 Å². The van der Waals surface area contributed by atoms with Crippen LogP contribution in [0.25, 0.3) is 0 Å². The molecule has 0 saturated carbocycles. The summed E-state index contributed by atoms with van der Waals surface area (Å²) in [5.41, 5.74) is 2.29. The van der Waals surface area contributed by atoms with E-state index in [1.165, 1.54) is 0 Å². The monoisotopic (exact) mass is 449 g/mol. The van der Waals surface area contributed by atoms with Crippen LogP contribution >= 0.6 is 0 Å². The Hall–Kier alpha value is -3.42. The van der Waals surface area contributed by atoms with Crippen molar-refractivity contribution in [3.05, 3.63) is 58.8 Å². The van der Waals surface area contributed by atoms with E-state index in [1.807, 2.05) is 38.8 Å². The first-order chi connectivity index (χ1) is 15.6. The van der Waals surface area contributed by atoms with Gasteiger partial charge in [0.15, 0.2) is 0 Å². The number of urea groups is 1. The van der Waals surface area contributed by atoms with Gasteiger partial charge in [-0.1, -0.05) is 32.0 Å². The van der Waals surface area contributed by atoms with Gasteiger partial charge in [-0.3, -0.25) is 14.9 Å². The smallest absolute Gasteiger partial charge is 0.322 e. The molecule has 3 heterocycles. The highest BCUT2D eigenvalue weighted by Crippen LogP contribution is 2.33. The number of aryl methyl sites for hydroxylation is 2. The standard InChI is InChI=1S/C25H31N5O3/c1-14(2)25(23(32)28-24(33)29-25)19-8-6-18(7-9-19)22(31)30-13-20(11-17(30)5)27-21-16(4)10-15(3)12-26-21/h6-10,12,14,17,20H,11,13H2,1-5H3,(H,26,27)(H2,28,29,32,33)/t17-,20-,25+/m0/s1. The number of hydrogen-bond acceptors (Lipinski definition) is 5. The van der Waals surface area contributed by atoms with Crippen molar-refractivity contribution in [3.63, 3.8) is 0 Å². The van der Waals surface area contributed by atoms with Gasteiger partial charge in [-0.2, -0.15) is 0 Å². The van der Waals surface area contributed by atoms with Crippen molar-refractivity contribution in [2.75, 3.05) is 11.9 Å². The number of amides is 4. The molecular formula is C25H31N5O3. The number of rotatable bonds is 5. The highest BCUT2D eigenvalue weighted by Gasteiger charge is 2.50. The van der Waals surface area contributed by atoms with Crippen LogP contribution < -0.4 is 16.0 Å². The highest BCUT2D eigenvalue weighted by atomic mass is 16.2. The first kappa shape index (κ1) is 22.8. The molecule has 2 aliphatic rings. The zero-order valence-corrected chi connectivity index (χ0v) is 19.7. The lowest BCUT2D eigenvalue weighted by Gasteiger charge is -2.31. The third kappa shape index (κ3) is 4.05. The molecule has 8 nitrogen and oxygen atoms in total.